The molecule has 3 rings (SSSR count). The van der Waals surface area contributed by atoms with E-state index in [0.29, 0.717) is 6.04 Å². The molecule has 1 aliphatic rings. The highest BCUT2D eigenvalue weighted by atomic mass is 79.9. The molecule has 1 N–H and O–H groups in total. The quantitative estimate of drug-likeness (QED) is 0.885. The maximum absolute atomic E-state index is 5.40. The molecule has 6 heteroatoms. The van der Waals surface area contributed by atoms with Gasteiger partial charge in [0.05, 0.1) is 24.5 Å². The highest BCUT2D eigenvalue weighted by Crippen LogP contribution is 2.27. The molecule has 0 bridgehead atoms. The van der Waals surface area contributed by atoms with Crippen molar-refractivity contribution >= 4 is 32.7 Å². The van der Waals surface area contributed by atoms with Gasteiger partial charge in [-0.3, -0.25) is 4.68 Å². The largest absolute Gasteiger partial charge is 0.379 e. The highest BCUT2D eigenvalue weighted by molar-refractivity contribution is 9.10. The minimum atomic E-state index is 0.378. The molecule has 1 atom stereocenters. The van der Waals surface area contributed by atoms with Gasteiger partial charge in [0, 0.05) is 13.2 Å². The fourth-order valence-electron chi connectivity index (χ4n) is 2.29. The Kier molecular flexibility index (Phi) is 3.22. The van der Waals surface area contributed by atoms with Gasteiger partial charge >= 0.3 is 0 Å². The number of hydrogen-bond acceptors (Lipinski definition) is 4. The van der Waals surface area contributed by atoms with E-state index in [1.807, 2.05) is 10.7 Å². The Hall–Kier alpha value is -1.14. The second-order valence-corrected chi connectivity index (χ2v) is 5.20. The van der Waals surface area contributed by atoms with Gasteiger partial charge in [0.2, 0.25) is 0 Å². The van der Waals surface area contributed by atoms with E-state index in [9.17, 15) is 0 Å². The van der Waals surface area contributed by atoms with Crippen LogP contribution in [-0.4, -0.2) is 34.0 Å². The van der Waals surface area contributed by atoms with Crippen molar-refractivity contribution in [3.05, 3.63) is 16.9 Å². The highest BCUT2D eigenvalue weighted by Gasteiger charge is 2.18. The predicted octanol–water partition coefficient (Wildman–Crippen LogP) is 2.41. The molecule has 1 fully saturated rings. The van der Waals surface area contributed by atoms with E-state index < -0.39 is 0 Å². The molecular weight excluding hydrogens is 296 g/mol. The number of aryl methyl sites for hydroxylation is 1. The molecule has 0 spiro atoms. The third kappa shape index (κ3) is 2.10. The lowest BCUT2D eigenvalue weighted by molar-refractivity contribution is 0.195. The summed E-state index contributed by atoms with van der Waals surface area (Å²) < 4.78 is 8.19. The van der Waals surface area contributed by atoms with Gasteiger partial charge in [-0.15, -0.1) is 0 Å². The van der Waals surface area contributed by atoms with Gasteiger partial charge in [-0.2, -0.15) is 5.10 Å². The average Bonchev–Trinajstić information content (AvgIpc) is 2.97. The van der Waals surface area contributed by atoms with Gasteiger partial charge in [0.1, 0.15) is 15.6 Å². The number of nitrogens with zero attached hydrogens (tertiary/aromatic N) is 3. The van der Waals surface area contributed by atoms with Crippen molar-refractivity contribution in [1.29, 1.82) is 0 Å². The fraction of sp³-hybridized carbons (Fsp3) is 0.500. The number of rotatable bonds is 3. The zero-order chi connectivity index (χ0) is 12.5. The van der Waals surface area contributed by atoms with Crippen molar-refractivity contribution in [3.8, 4) is 0 Å². The van der Waals surface area contributed by atoms with E-state index in [-0.39, 0.29) is 0 Å². The number of fused-ring (bicyclic) bond motifs is 1. The summed E-state index contributed by atoms with van der Waals surface area (Å²) in [5, 5.41) is 7.88. The number of halogens is 1. The van der Waals surface area contributed by atoms with E-state index in [1.54, 1.807) is 6.20 Å². The van der Waals surface area contributed by atoms with Gasteiger partial charge in [0.15, 0.2) is 0 Å². The number of pyridine rings is 1. The third-order valence-electron chi connectivity index (χ3n) is 3.15. The van der Waals surface area contributed by atoms with E-state index in [1.165, 1.54) is 0 Å². The molecule has 3 heterocycles. The maximum Gasteiger partial charge on any atom is 0.112 e. The summed E-state index contributed by atoms with van der Waals surface area (Å²) >= 11 is 3.44. The minimum Gasteiger partial charge on any atom is -0.379 e. The standard InChI is InChI=1S/C12H15BrN4O/c1-2-17-12-9(15-8-3-4-18-7-8)5-11(13)16-10(12)6-14-17/h5-6,8H,2-4,7H2,1H3,(H,15,16). The number of hydrogen-bond donors (Lipinski definition) is 1. The third-order valence-corrected chi connectivity index (χ3v) is 3.56. The Bertz CT molecular complexity index is 562. The maximum atomic E-state index is 5.40. The van der Waals surface area contributed by atoms with Crippen molar-refractivity contribution < 1.29 is 4.74 Å². The molecule has 18 heavy (non-hydrogen) atoms. The van der Waals surface area contributed by atoms with E-state index in [2.05, 4.69) is 38.3 Å². The molecule has 0 aromatic carbocycles. The van der Waals surface area contributed by atoms with E-state index in [0.717, 1.165) is 47.5 Å². The first kappa shape index (κ1) is 11.9. The molecule has 0 radical (unpaired) electrons. The number of anilines is 1. The molecule has 0 amide bonds. The van der Waals surface area contributed by atoms with Crippen LogP contribution in [0.15, 0.2) is 16.9 Å². The Morgan fingerprint density at radius 1 is 1.61 bits per heavy atom. The van der Waals surface area contributed by atoms with Crippen molar-refractivity contribution in [2.24, 2.45) is 0 Å². The molecular formula is C12H15BrN4O. The zero-order valence-electron chi connectivity index (χ0n) is 10.2. The van der Waals surface area contributed by atoms with Crippen LogP contribution in [0.25, 0.3) is 11.0 Å². The van der Waals surface area contributed by atoms with E-state index >= 15 is 0 Å². The van der Waals surface area contributed by atoms with Crippen LogP contribution in [0.5, 0.6) is 0 Å². The first-order valence-electron chi connectivity index (χ1n) is 6.14. The summed E-state index contributed by atoms with van der Waals surface area (Å²) in [7, 11) is 0. The molecule has 1 unspecified atom stereocenters. The van der Waals surface area contributed by atoms with Crippen LogP contribution in [-0.2, 0) is 11.3 Å². The van der Waals surface area contributed by atoms with Crippen LogP contribution in [0.2, 0.25) is 0 Å². The monoisotopic (exact) mass is 310 g/mol. The van der Waals surface area contributed by atoms with Gasteiger partial charge in [0.25, 0.3) is 0 Å². The fourth-order valence-corrected chi connectivity index (χ4v) is 2.71. The minimum absolute atomic E-state index is 0.378. The van der Waals surface area contributed by atoms with Gasteiger partial charge in [-0.25, -0.2) is 4.98 Å². The van der Waals surface area contributed by atoms with Crippen LogP contribution in [0.3, 0.4) is 0 Å². The summed E-state index contributed by atoms with van der Waals surface area (Å²) in [6, 6.07) is 2.39. The predicted molar refractivity (Wildman–Crippen MR) is 73.7 cm³/mol. The van der Waals surface area contributed by atoms with Crippen LogP contribution in [0.4, 0.5) is 5.69 Å². The summed E-state index contributed by atoms with van der Waals surface area (Å²) in [6.45, 7) is 4.52. The first-order valence-corrected chi connectivity index (χ1v) is 6.93. The van der Waals surface area contributed by atoms with Crippen LogP contribution in [0.1, 0.15) is 13.3 Å². The second kappa shape index (κ2) is 4.85. The Labute approximate surface area is 114 Å². The molecule has 1 saturated heterocycles. The molecule has 0 aliphatic carbocycles. The molecule has 2 aromatic heterocycles. The molecule has 96 valence electrons. The molecule has 2 aromatic rings. The Morgan fingerprint density at radius 2 is 2.50 bits per heavy atom. The second-order valence-electron chi connectivity index (χ2n) is 4.39. The number of aromatic nitrogens is 3. The summed E-state index contributed by atoms with van der Waals surface area (Å²) in [4.78, 5) is 4.44. The SMILES string of the molecule is CCn1ncc2nc(Br)cc(NC3CCOC3)c21. The Morgan fingerprint density at radius 3 is 3.22 bits per heavy atom. The average molecular weight is 311 g/mol. The summed E-state index contributed by atoms with van der Waals surface area (Å²) in [5.41, 5.74) is 3.04. The van der Waals surface area contributed by atoms with Crippen LogP contribution >= 0.6 is 15.9 Å². The van der Waals surface area contributed by atoms with Crippen molar-refractivity contribution in [3.63, 3.8) is 0 Å². The van der Waals surface area contributed by atoms with E-state index in [4.69, 9.17) is 4.74 Å². The van der Waals surface area contributed by atoms with Gasteiger partial charge < -0.3 is 10.1 Å². The molecule has 5 nitrogen and oxygen atoms in total. The van der Waals surface area contributed by atoms with Crippen LogP contribution < -0.4 is 5.32 Å². The lowest BCUT2D eigenvalue weighted by atomic mass is 10.2. The number of ether oxygens (including phenoxy) is 1. The van der Waals surface area contributed by atoms with Crippen molar-refractivity contribution in [2.75, 3.05) is 18.5 Å². The Balaban J connectivity index is 2.04. The van der Waals surface area contributed by atoms with Gasteiger partial charge in [-0.05, 0) is 35.3 Å². The lowest BCUT2D eigenvalue weighted by Gasteiger charge is -2.14. The van der Waals surface area contributed by atoms with Crippen LogP contribution in [0, 0.1) is 0 Å². The molecule has 1 aliphatic heterocycles. The smallest absolute Gasteiger partial charge is 0.112 e. The normalized spacial score (nSPS) is 19.6. The summed E-state index contributed by atoms with van der Waals surface area (Å²) in [5.74, 6) is 0. The first-order chi connectivity index (χ1) is 8.78. The van der Waals surface area contributed by atoms with Crippen molar-refractivity contribution in [1.82, 2.24) is 14.8 Å². The molecule has 0 saturated carbocycles. The van der Waals surface area contributed by atoms with Crippen molar-refractivity contribution in [2.45, 2.75) is 25.9 Å². The summed E-state index contributed by atoms with van der Waals surface area (Å²) in [6.07, 6.45) is 2.85. The topological polar surface area (TPSA) is 52.0 Å². The number of nitrogens with one attached hydrogen (secondary N) is 1. The van der Waals surface area contributed by atoms with Gasteiger partial charge in [-0.1, -0.05) is 0 Å². The zero-order valence-corrected chi connectivity index (χ0v) is 11.8. The lowest BCUT2D eigenvalue weighted by Crippen LogP contribution is -2.19.